The second-order valence-electron chi connectivity index (χ2n) is 4.75. The second-order valence-corrected chi connectivity index (χ2v) is 5.67. The first kappa shape index (κ1) is 13.5. The molecular formula is C13H16BrFN2O. The Bertz CT molecular complexity index is 453. The van der Waals surface area contributed by atoms with Gasteiger partial charge in [0.25, 0.3) is 5.91 Å². The SMILES string of the molecule is CN1CCC(CNC(=O)c2ccc(Br)cc2F)C1. The highest BCUT2D eigenvalue weighted by Gasteiger charge is 2.20. The van der Waals surface area contributed by atoms with Gasteiger partial charge in [0, 0.05) is 17.6 Å². The molecular weight excluding hydrogens is 299 g/mol. The smallest absolute Gasteiger partial charge is 0.254 e. The largest absolute Gasteiger partial charge is 0.352 e. The van der Waals surface area contributed by atoms with Crippen LogP contribution in [0, 0.1) is 11.7 Å². The predicted octanol–water partition coefficient (Wildman–Crippen LogP) is 2.27. The zero-order valence-electron chi connectivity index (χ0n) is 10.2. The summed E-state index contributed by atoms with van der Waals surface area (Å²) in [7, 11) is 2.07. The third kappa shape index (κ3) is 3.29. The fourth-order valence-electron chi connectivity index (χ4n) is 2.20. The van der Waals surface area contributed by atoms with Crippen molar-refractivity contribution in [3.8, 4) is 0 Å². The van der Waals surface area contributed by atoms with Crippen molar-refractivity contribution in [2.75, 3.05) is 26.7 Å². The lowest BCUT2D eigenvalue weighted by Gasteiger charge is -2.12. The van der Waals surface area contributed by atoms with Crippen LogP contribution in [0.15, 0.2) is 22.7 Å². The van der Waals surface area contributed by atoms with Crippen molar-refractivity contribution in [2.45, 2.75) is 6.42 Å². The topological polar surface area (TPSA) is 32.3 Å². The molecule has 1 heterocycles. The third-order valence-corrected chi connectivity index (χ3v) is 3.71. The van der Waals surface area contributed by atoms with E-state index in [2.05, 4.69) is 33.2 Å². The van der Waals surface area contributed by atoms with Gasteiger partial charge in [-0.2, -0.15) is 0 Å². The number of nitrogens with zero attached hydrogens (tertiary/aromatic N) is 1. The van der Waals surface area contributed by atoms with E-state index in [9.17, 15) is 9.18 Å². The number of amides is 1. The van der Waals surface area contributed by atoms with Crippen LogP contribution in [0.5, 0.6) is 0 Å². The molecule has 2 rings (SSSR count). The standard InChI is InChI=1S/C13H16BrFN2O/c1-17-5-4-9(8-17)7-16-13(18)11-3-2-10(14)6-12(11)15/h2-3,6,9H,4-5,7-8H2,1H3,(H,16,18). The van der Waals surface area contributed by atoms with Gasteiger partial charge in [-0.3, -0.25) is 4.79 Å². The summed E-state index contributed by atoms with van der Waals surface area (Å²) in [6.07, 6.45) is 1.08. The molecule has 1 fully saturated rings. The van der Waals surface area contributed by atoms with E-state index in [0.717, 1.165) is 19.5 Å². The highest BCUT2D eigenvalue weighted by Crippen LogP contribution is 2.16. The van der Waals surface area contributed by atoms with Crippen molar-refractivity contribution in [1.29, 1.82) is 0 Å². The van der Waals surface area contributed by atoms with Crippen LogP contribution >= 0.6 is 15.9 Å². The molecule has 1 aliphatic heterocycles. The number of hydrogen-bond acceptors (Lipinski definition) is 2. The lowest BCUT2D eigenvalue weighted by molar-refractivity contribution is 0.0943. The summed E-state index contributed by atoms with van der Waals surface area (Å²) in [5.74, 6) is -0.363. The highest BCUT2D eigenvalue weighted by molar-refractivity contribution is 9.10. The van der Waals surface area contributed by atoms with Gasteiger partial charge in [-0.1, -0.05) is 15.9 Å². The molecule has 0 aromatic heterocycles. The van der Waals surface area contributed by atoms with E-state index < -0.39 is 5.82 Å². The Morgan fingerprint density at radius 3 is 3.00 bits per heavy atom. The van der Waals surface area contributed by atoms with Crippen LogP contribution in [0.25, 0.3) is 0 Å². The number of rotatable bonds is 3. The van der Waals surface area contributed by atoms with E-state index >= 15 is 0 Å². The number of nitrogens with one attached hydrogen (secondary N) is 1. The molecule has 98 valence electrons. The Morgan fingerprint density at radius 2 is 2.39 bits per heavy atom. The van der Waals surface area contributed by atoms with E-state index in [4.69, 9.17) is 0 Å². The lowest BCUT2D eigenvalue weighted by Crippen LogP contribution is -2.31. The molecule has 1 saturated heterocycles. The zero-order chi connectivity index (χ0) is 13.1. The molecule has 1 N–H and O–H groups in total. The zero-order valence-corrected chi connectivity index (χ0v) is 11.8. The molecule has 0 spiro atoms. The molecule has 0 saturated carbocycles. The molecule has 0 aliphatic carbocycles. The summed E-state index contributed by atoms with van der Waals surface area (Å²) in [4.78, 5) is 14.1. The van der Waals surface area contributed by atoms with Gasteiger partial charge in [0.15, 0.2) is 0 Å². The molecule has 5 heteroatoms. The number of benzene rings is 1. The molecule has 3 nitrogen and oxygen atoms in total. The van der Waals surface area contributed by atoms with Crippen molar-refractivity contribution < 1.29 is 9.18 Å². The number of carbonyl (C=O) groups is 1. The Morgan fingerprint density at radius 1 is 1.61 bits per heavy atom. The van der Waals surface area contributed by atoms with E-state index in [1.807, 2.05) is 0 Å². The molecule has 1 aliphatic rings. The molecule has 1 amide bonds. The van der Waals surface area contributed by atoms with Gasteiger partial charge in [-0.05, 0) is 44.1 Å². The van der Waals surface area contributed by atoms with Gasteiger partial charge < -0.3 is 10.2 Å². The molecule has 1 aromatic rings. The maximum Gasteiger partial charge on any atom is 0.254 e. The van der Waals surface area contributed by atoms with E-state index in [0.29, 0.717) is 16.9 Å². The van der Waals surface area contributed by atoms with Gasteiger partial charge in [0.1, 0.15) is 5.82 Å². The number of halogens is 2. The Hall–Kier alpha value is -0.940. The lowest BCUT2D eigenvalue weighted by atomic mass is 10.1. The summed E-state index contributed by atoms with van der Waals surface area (Å²) < 4.78 is 14.2. The molecule has 1 aromatic carbocycles. The molecule has 0 radical (unpaired) electrons. The van der Waals surface area contributed by atoms with Crippen molar-refractivity contribution in [2.24, 2.45) is 5.92 Å². The molecule has 1 unspecified atom stereocenters. The maximum absolute atomic E-state index is 13.6. The fourth-order valence-corrected chi connectivity index (χ4v) is 2.53. The van der Waals surface area contributed by atoms with Crippen molar-refractivity contribution in [3.63, 3.8) is 0 Å². The predicted molar refractivity (Wildman–Crippen MR) is 72.0 cm³/mol. The fraction of sp³-hybridized carbons (Fsp3) is 0.462. The number of likely N-dealkylation sites (tertiary alicyclic amines) is 1. The van der Waals surface area contributed by atoms with Crippen molar-refractivity contribution in [3.05, 3.63) is 34.1 Å². The summed E-state index contributed by atoms with van der Waals surface area (Å²) in [6, 6.07) is 4.47. The Balaban J connectivity index is 1.91. The van der Waals surface area contributed by atoms with E-state index in [1.165, 1.54) is 12.1 Å². The first-order valence-corrected chi connectivity index (χ1v) is 6.77. The quantitative estimate of drug-likeness (QED) is 0.928. The Kier molecular flexibility index (Phi) is 4.35. The first-order valence-electron chi connectivity index (χ1n) is 5.98. The molecule has 0 bridgehead atoms. The van der Waals surface area contributed by atoms with Crippen molar-refractivity contribution in [1.82, 2.24) is 10.2 Å². The molecule has 1 atom stereocenters. The maximum atomic E-state index is 13.6. The van der Waals surface area contributed by atoms with Crippen LogP contribution < -0.4 is 5.32 Å². The van der Waals surface area contributed by atoms with E-state index in [1.54, 1.807) is 6.07 Å². The normalized spacial score (nSPS) is 20.1. The van der Waals surface area contributed by atoms with Crippen LogP contribution in [-0.4, -0.2) is 37.5 Å². The Labute approximate surface area is 114 Å². The third-order valence-electron chi connectivity index (χ3n) is 3.22. The van der Waals surface area contributed by atoms with Gasteiger partial charge in [-0.15, -0.1) is 0 Å². The van der Waals surface area contributed by atoms with Crippen LogP contribution in [-0.2, 0) is 0 Å². The number of hydrogen-bond donors (Lipinski definition) is 1. The van der Waals surface area contributed by atoms with Crippen LogP contribution in [0.1, 0.15) is 16.8 Å². The average molecular weight is 315 g/mol. The minimum Gasteiger partial charge on any atom is -0.352 e. The summed E-state index contributed by atoms with van der Waals surface area (Å²) >= 11 is 3.17. The van der Waals surface area contributed by atoms with E-state index in [-0.39, 0.29) is 11.5 Å². The number of carbonyl (C=O) groups excluding carboxylic acids is 1. The van der Waals surface area contributed by atoms with Crippen LogP contribution in [0.4, 0.5) is 4.39 Å². The van der Waals surface area contributed by atoms with Gasteiger partial charge in [-0.25, -0.2) is 4.39 Å². The van der Waals surface area contributed by atoms with Gasteiger partial charge >= 0.3 is 0 Å². The minimum absolute atomic E-state index is 0.101. The summed E-state index contributed by atoms with van der Waals surface area (Å²) in [5.41, 5.74) is 0.101. The highest BCUT2D eigenvalue weighted by atomic mass is 79.9. The molecule has 18 heavy (non-hydrogen) atoms. The average Bonchev–Trinajstić information content (AvgIpc) is 2.72. The summed E-state index contributed by atoms with van der Waals surface area (Å²) in [6.45, 7) is 2.66. The van der Waals surface area contributed by atoms with Gasteiger partial charge in [0.05, 0.1) is 5.56 Å². The van der Waals surface area contributed by atoms with Crippen LogP contribution in [0.3, 0.4) is 0 Å². The minimum atomic E-state index is -0.495. The summed E-state index contributed by atoms with van der Waals surface area (Å²) in [5, 5.41) is 2.80. The monoisotopic (exact) mass is 314 g/mol. The van der Waals surface area contributed by atoms with Gasteiger partial charge in [0.2, 0.25) is 0 Å². The second kappa shape index (κ2) is 5.80. The van der Waals surface area contributed by atoms with Crippen LogP contribution in [0.2, 0.25) is 0 Å². The van der Waals surface area contributed by atoms with Crippen molar-refractivity contribution >= 4 is 21.8 Å². The first-order chi connectivity index (χ1) is 8.56.